The van der Waals surface area contributed by atoms with Crippen LogP contribution in [0.4, 0.5) is 0 Å². The van der Waals surface area contributed by atoms with Crippen LogP contribution >= 0.6 is 0 Å². The van der Waals surface area contributed by atoms with E-state index in [1.54, 1.807) is 54.6 Å². The Morgan fingerprint density at radius 3 is 1.00 bits per heavy atom. The molecule has 0 aliphatic heterocycles. The largest absolute Gasteiger partial charge is 0.494 e. The Morgan fingerprint density at radius 1 is 0.312 bits per heavy atom. The molecule has 64 heavy (non-hydrogen) atoms. The number of ether oxygens (including phenoxy) is 6. The minimum absolute atomic E-state index is 0.126. The van der Waals surface area contributed by atoms with Crippen molar-refractivity contribution in [3.63, 3.8) is 0 Å². The van der Waals surface area contributed by atoms with E-state index >= 15 is 0 Å². The third-order valence-corrected chi connectivity index (χ3v) is 10.5. The number of carbonyl (C=O) groups excluding carboxylic acids is 4. The number of unbranched alkanes of at least 4 members (excludes halogenated alkanes) is 14. The number of hydrogen-bond donors (Lipinski definition) is 0. The van der Waals surface area contributed by atoms with Gasteiger partial charge in [0.05, 0.1) is 35.5 Å². The number of hydrogen-bond acceptors (Lipinski definition) is 10. The van der Waals surface area contributed by atoms with Gasteiger partial charge >= 0.3 is 23.9 Å². The summed E-state index contributed by atoms with van der Waals surface area (Å²) in [6.45, 7) is 5.74. The molecule has 0 saturated carbocycles. The monoisotopic (exact) mass is 870 g/mol. The van der Waals surface area contributed by atoms with Gasteiger partial charge in [0.2, 0.25) is 0 Å². The molecule has 0 saturated heterocycles. The summed E-state index contributed by atoms with van der Waals surface area (Å²) in [6.07, 6.45) is 19.7. The van der Waals surface area contributed by atoms with Crippen molar-refractivity contribution in [1.29, 1.82) is 0 Å². The van der Waals surface area contributed by atoms with Crippen molar-refractivity contribution in [2.45, 2.75) is 117 Å². The van der Waals surface area contributed by atoms with Gasteiger partial charge in [-0.3, -0.25) is 0 Å². The highest BCUT2D eigenvalue weighted by Crippen LogP contribution is 2.23. The van der Waals surface area contributed by atoms with E-state index < -0.39 is 23.9 Å². The molecular weight excluding hydrogens is 809 g/mol. The molecule has 0 spiro atoms. The molecule has 5 aromatic rings. The van der Waals surface area contributed by atoms with Gasteiger partial charge in [0, 0.05) is 0 Å². The van der Waals surface area contributed by atoms with Crippen molar-refractivity contribution in [3.8, 4) is 34.5 Å². The van der Waals surface area contributed by atoms with Gasteiger partial charge in [-0.25, -0.2) is 19.2 Å². The first-order chi connectivity index (χ1) is 31.3. The van der Waals surface area contributed by atoms with Crippen LogP contribution in [0.15, 0.2) is 121 Å². The normalized spacial score (nSPS) is 10.8. The summed E-state index contributed by atoms with van der Waals surface area (Å²) in [5.74, 6) is -0.0836. The van der Waals surface area contributed by atoms with Gasteiger partial charge in [-0.2, -0.15) is 0 Å². The molecule has 10 heteroatoms. The fourth-order valence-electron chi connectivity index (χ4n) is 6.81. The summed E-state index contributed by atoms with van der Waals surface area (Å²) in [7, 11) is 0. The highest BCUT2D eigenvalue weighted by Gasteiger charge is 2.16. The first-order valence-corrected chi connectivity index (χ1v) is 23.0. The van der Waals surface area contributed by atoms with E-state index in [1.807, 2.05) is 0 Å². The fraction of sp³-hybridized carbons (Fsp3) is 0.370. The van der Waals surface area contributed by atoms with Crippen LogP contribution in [0.3, 0.4) is 0 Å². The van der Waals surface area contributed by atoms with Gasteiger partial charge < -0.3 is 28.4 Å². The zero-order valence-electron chi connectivity index (χ0n) is 37.4. The average Bonchev–Trinajstić information content (AvgIpc) is 3.31. The van der Waals surface area contributed by atoms with Gasteiger partial charge in [-0.05, 0) is 128 Å². The standard InChI is InChI=1S/C54H62O10/c1-3-5-7-9-11-13-15-17-38-59-45-28-22-41(23-29-45)51(55)61-47-30-26-43(27-31-47)53(57)64-50-21-19-20-44(40-50)54(58)63-48-32-24-42(25-33-48)52(56)62-49-36-34-46(35-37-49)60-39-18-16-14-12-10-8-6-4-2/h19-37,40H,3-18,38-39H2,1-2H3. The van der Waals surface area contributed by atoms with Crippen molar-refractivity contribution >= 4 is 23.9 Å². The minimum atomic E-state index is -0.690. The fourth-order valence-corrected chi connectivity index (χ4v) is 6.81. The molecule has 0 amide bonds. The van der Waals surface area contributed by atoms with Gasteiger partial charge in [0.25, 0.3) is 0 Å². The maximum Gasteiger partial charge on any atom is 0.343 e. The molecule has 0 aliphatic carbocycles. The zero-order chi connectivity index (χ0) is 45.2. The Morgan fingerprint density at radius 2 is 0.609 bits per heavy atom. The molecule has 0 bridgehead atoms. The maximum atomic E-state index is 13.0. The topological polar surface area (TPSA) is 124 Å². The van der Waals surface area contributed by atoms with Crippen LogP contribution in [0, 0.1) is 0 Å². The highest BCUT2D eigenvalue weighted by atomic mass is 16.5. The average molecular weight is 871 g/mol. The second-order valence-corrected chi connectivity index (χ2v) is 15.8. The molecule has 5 rings (SSSR count). The van der Waals surface area contributed by atoms with E-state index in [2.05, 4.69) is 13.8 Å². The lowest BCUT2D eigenvalue weighted by Crippen LogP contribution is -2.12. The molecule has 0 unspecified atom stereocenters. The molecule has 0 aliphatic rings. The van der Waals surface area contributed by atoms with Crippen LogP contribution in [0.1, 0.15) is 158 Å². The molecule has 10 nitrogen and oxygen atoms in total. The third kappa shape index (κ3) is 17.4. The lowest BCUT2D eigenvalue weighted by Gasteiger charge is -2.09. The minimum Gasteiger partial charge on any atom is -0.494 e. The molecule has 0 heterocycles. The van der Waals surface area contributed by atoms with Crippen molar-refractivity contribution in [3.05, 3.63) is 144 Å². The quantitative estimate of drug-likeness (QED) is 0.0272. The molecular formula is C54H62O10. The lowest BCUT2D eigenvalue weighted by molar-refractivity contribution is 0.0712. The number of benzene rings is 5. The van der Waals surface area contributed by atoms with Crippen molar-refractivity contribution < 1.29 is 47.6 Å². The second kappa shape index (κ2) is 27.6. The van der Waals surface area contributed by atoms with Crippen LogP contribution in [0.25, 0.3) is 0 Å². The molecule has 0 atom stereocenters. The first kappa shape index (κ1) is 48.6. The molecule has 0 N–H and O–H groups in total. The maximum absolute atomic E-state index is 13.0. The van der Waals surface area contributed by atoms with E-state index in [0.717, 1.165) is 31.4 Å². The third-order valence-electron chi connectivity index (χ3n) is 10.5. The van der Waals surface area contributed by atoms with Crippen LogP contribution in [-0.2, 0) is 0 Å². The predicted octanol–water partition coefficient (Wildman–Crippen LogP) is 13.6. The molecule has 5 aromatic carbocycles. The van der Waals surface area contributed by atoms with Crippen molar-refractivity contribution in [2.75, 3.05) is 13.2 Å². The van der Waals surface area contributed by atoms with Gasteiger partial charge in [-0.1, -0.05) is 110 Å². The van der Waals surface area contributed by atoms with Gasteiger partial charge in [0.1, 0.15) is 34.5 Å². The predicted molar refractivity (Wildman–Crippen MR) is 248 cm³/mol. The summed E-state index contributed by atoms with van der Waals surface area (Å²) in [5.41, 5.74) is 0.991. The highest BCUT2D eigenvalue weighted by molar-refractivity contribution is 5.95. The Hall–Kier alpha value is -6.42. The summed E-state index contributed by atoms with van der Waals surface area (Å²) >= 11 is 0. The van der Waals surface area contributed by atoms with Crippen LogP contribution in [0.5, 0.6) is 34.5 Å². The lowest BCUT2D eigenvalue weighted by atomic mass is 10.1. The van der Waals surface area contributed by atoms with E-state index in [9.17, 15) is 19.2 Å². The van der Waals surface area contributed by atoms with Crippen molar-refractivity contribution in [2.24, 2.45) is 0 Å². The molecule has 0 radical (unpaired) electrons. The van der Waals surface area contributed by atoms with E-state index in [4.69, 9.17) is 28.4 Å². The van der Waals surface area contributed by atoms with E-state index in [1.165, 1.54) is 144 Å². The summed E-state index contributed by atoms with van der Waals surface area (Å²) in [6, 6.07) is 31.7. The number of carbonyl (C=O) groups is 4. The van der Waals surface area contributed by atoms with E-state index in [0.29, 0.717) is 30.3 Å². The zero-order valence-corrected chi connectivity index (χ0v) is 37.4. The number of esters is 4. The van der Waals surface area contributed by atoms with Gasteiger partial charge in [-0.15, -0.1) is 0 Å². The number of rotatable bonds is 28. The molecule has 0 fully saturated rings. The Labute approximate surface area is 378 Å². The Kier molecular flexibility index (Phi) is 21.0. The van der Waals surface area contributed by atoms with Crippen LogP contribution < -0.4 is 28.4 Å². The van der Waals surface area contributed by atoms with Crippen LogP contribution in [0.2, 0.25) is 0 Å². The van der Waals surface area contributed by atoms with Gasteiger partial charge in [0.15, 0.2) is 0 Å². The summed E-state index contributed by atoms with van der Waals surface area (Å²) in [4.78, 5) is 51.5. The molecule has 0 aromatic heterocycles. The smallest absolute Gasteiger partial charge is 0.343 e. The SMILES string of the molecule is CCCCCCCCCCOc1ccc(OC(=O)c2ccc(OC(=O)c3cccc(OC(=O)c4ccc(OC(=O)c5ccc(OCCCCCCCCCC)cc5)cc4)c3)cc2)cc1. The summed E-state index contributed by atoms with van der Waals surface area (Å²) < 4.78 is 33.7. The van der Waals surface area contributed by atoms with Crippen LogP contribution in [-0.4, -0.2) is 37.1 Å². The van der Waals surface area contributed by atoms with E-state index in [-0.39, 0.29) is 33.9 Å². The summed E-state index contributed by atoms with van der Waals surface area (Å²) in [5, 5.41) is 0. The Bertz CT molecular complexity index is 2160. The van der Waals surface area contributed by atoms with Crippen molar-refractivity contribution in [1.82, 2.24) is 0 Å². The Balaban J connectivity index is 1.00. The molecule has 338 valence electrons. The first-order valence-electron chi connectivity index (χ1n) is 23.0. The second-order valence-electron chi connectivity index (χ2n) is 15.8.